The summed E-state index contributed by atoms with van der Waals surface area (Å²) in [7, 11) is -1.29. The molecule has 0 heterocycles. The minimum absolute atomic E-state index is 1.21. The van der Waals surface area contributed by atoms with Crippen molar-refractivity contribution in [1.29, 1.82) is 0 Å². The molecule has 0 N–H and O–H groups in total. The van der Waals surface area contributed by atoms with Crippen LogP contribution in [0.3, 0.4) is 0 Å². The molecule has 0 bridgehead atoms. The molecule has 5 aromatic rings. The van der Waals surface area contributed by atoms with E-state index in [1.54, 1.807) is 0 Å². The highest BCUT2D eigenvalue weighted by Crippen LogP contribution is 2.35. The predicted molar refractivity (Wildman–Crippen MR) is 155 cm³/mol. The molecule has 0 nitrogen and oxygen atoms in total. The van der Waals surface area contributed by atoms with E-state index in [4.69, 9.17) is 0 Å². The van der Waals surface area contributed by atoms with Gasteiger partial charge in [0.25, 0.3) is 0 Å². The van der Waals surface area contributed by atoms with E-state index in [2.05, 4.69) is 147 Å². The van der Waals surface area contributed by atoms with Crippen molar-refractivity contribution in [2.24, 2.45) is 0 Å². The van der Waals surface area contributed by atoms with Gasteiger partial charge in [0.05, 0.1) is 8.07 Å². The first-order chi connectivity index (χ1) is 16.5. The van der Waals surface area contributed by atoms with E-state index >= 15 is 0 Å². The first kappa shape index (κ1) is 22.1. The second-order valence-corrected chi connectivity index (χ2v) is 14.9. The molecule has 0 amide bonds. The van der Waals surface area contributed by atoms with E-state index in [0.29, 0.717) is 0 Å². The maximum atomic E-state index is 2.39. The minimum Gasteiger partial charge on any atom is -0.0656 e. The summed E-state index contributed by atoms with van der Waals surface area (Å²) in [5.74, 6) is 0. The molecule has 166 valence electrons. The lowest BCUT2D eigenvalue weighted by Gasteiger charge is -2.16. The molecule has 5 aromatic carbocycles. The molecule has 0 aliphatic rings. The van der Waals surface area contributed by atoms with E-state index in [-0.39, 0.29) is 0 Å². The summed E-state index contributed by atoms with van der Waals surface area (Å²) in [5, 5.41) is 6.62. The summed E-state index contributed by atoms with van der Waals surface area (Å²) >= 11 is 0. The zero-order chi connectivity index (χ0) is 23.5. The summed E-state index contributed by atoms with van der Waals surface area (Å²) in [6, 6.07) is 37.2. The average Bonchev–Trinajstić information content (AvgIpc) is 2.86. The van der Waals surface area contributed by atoms with Crippen LogP contribution >= 0.6 is 0 Å². The number of hydrogen-bond acceptors (Lipinski definition) is 0. The second-order valence-electron chi connectivity index (χ2n) is 9.87. The lowest BCUT2D eigenvalue weighted by molar-refractivity contribution is 1.65. The van der Waals surface area contributed by atoms with E-state index in [1.165, 1.54) is 49.0 Å². The van der Waals surface area contributed by atoms with E-state index in [0.717, 1.165) is 0 Å². The van der Waals surface area contributed by atoms with Crippen LogP contribution in [-0.4, -0.2) is 8.07 Å². The molecule has 0 saturated carbocycles. The van der Waals surface area contributed by atoms with Crippen LogP contribution in [0.4, 0.5) is 0 Å². The monoisotopic (exact) mass is 454 g/mol. The normalized spacial score (nSPS) is 12.3. The van der Waals surface area contributed by atoms with Crippen LogP contribution in [-0.2, 0) is 0 Å². The minimum atomic E-state index is -1.29. The Morgan fingerprint density at radius 2 is 0.794 bits per heavy atom. The van der Waals surface area contributed by atoms with Gasteiger partial charge in [-0.15, -0.1) is 0 Å². The molecule has 0 aliphatic heterocycles. The molecular formula is C33H30Si. The summed E-state index contributed by atoms with van der Waals surface area (Å²) in [5.41, 5.74) is 4.99. The smallest absolute Gasteiger partial charge is 0.0656 e. The fourth-order valence-electron chi connectivity index (χ4n) is 4.57. The maximum absolute atomic E-state index is 2.39. The Bertz CT molecular complexity index is 1440. The first-order valence-electron chi connectivity index (χ1n) is 12.0. The third-order valence-corrected chi connectivity index (χ3v) is 8.54. The van der Waals surface area contributed by atoms with Crippen molar-refractivity contribution < 1.29 is 0 Å². The Balaban J connectivity index is 1.64. The van der Waals surface area contributed by atoms with Gasteiger partial charge < -0.3 is 0 Å². The Kier molecular flexibility index (Phi) is 6.04. The van der Waals surface area contributed by atoms with Crippen molar-refractivity contribution >= 4 is 59.1 Å². The van der Waals surface area contributed by atoms with Gasteiger partial charge in [-0.25, -0.2) is 0 Å². The Morgan fingerprint density at radius 3 is 1.21 bits per heavy atom. The zero-order valence-electron chi connectivity index (χ0n) is 20.1. The fraction of sp³-hybridized carbons (Fsp3) is 0.0909. The molecule has 1 heteroatoms. The van der Waals surface area contributed by atoms with Crippen LogP contribution in [0.25, 0.3) is 45.8 Å². The summed E-state index contributed by atoms with van der Waals surface area (Å²) < 4.78 is 0. The largest absolute Gasteiger partial charge is 0.0775 e. The maximum Gasteiger partial charge on any atom is 0.0775 e. The molecule has 0 unspecified atom stereocenters. The van der Waals surface area contributed by atoms with Crippen molar-refractivity contribution in [2.45, 2.75) is 19.6 Å². The van der Waals surface area contributed by atoms with Gasteiger partial charge in [-0.05, 0) is 43.8 Å². The summed E-state index contributed by atoms with van der Waals surface area (Å²) in [6.45, 7) is 7.18. The molecule has 0 fully saturated rings. The second kappa shape index (κ2) is 9.28. The standard InChI is InChI=1S/C33H30Si/c1-34(2,3)27-21-17-26(18-22-27)20-24-33-30-15-9-7-13-28(30)32(29-14-8-10-16-31(29)33)23-19-25-11-5-4-6-12-25/h4-24H,1-3H3/b23-19+,24-20+. The van der Waals surface area contributed by atoms with Crippen molar-refractivity contribution in [3.63, 3.8) is 0 Å². The van der Waals surface area contributed by atoms with Crippen LogP contribution < -0.4 is 5.19 Å². The van der Waals surface area contributed by atoms with Gasteiger partial charge in [-0.3, -0.25) is 0 Å². The molecule has 0 atom stereocenters. The van der Waals surface area contributed by atoms with Gasteiger partial charge >= 0.3 is 0 Å². The topological polar surface area (TPSA) is 0 Å². The van der Waals surface area contributed by atoms with Crippen LogP contribution in [0.15, 0.2) is 103 Å². The lowest BCUT2D eigenvalue weighted by Crippen LogP contribution is -2.37. The number of hydrogen-bond donors (Lipinski definition) is 0. The molecule has 34 heavy (non-hydrogen) atoms. The predicted octanol–water partition coefficient (Wildman–Crippen LogP) is 8.88. The van der Waals surface area contributed by atoms with Crippen LogP contribution in [0.1, 0.15) is 22.3 Å². The van der Waals surface area contributed by atoms with Gasteiger partial charge in [0, 0.05) is 0 Å². The quantitative estimate of drug-likeness (QED) is 0.141. The molecular weight excluding hydrogens is 424 g/mol. The molecule has 5 rings (SSSR count). The Hall–Kier alpha value is -3.68. The number of fused-ring (bicyclic) bond motifs is 2. The fourth-order valence-corrected chi connectivity index (χ4v) is 5.74. The van der Waals surface area contributed by atoms with Gasteiger partial charge in [-0.1, -0.05) is 152 Å². The first-order valence-corrected chi connectivity index (χ1v) is 15.5. The molecule has 0 saturated heterocycles. The zero-order valence-corrected chi connectivity index (χ0v) is 21.1. The van der Waals surface area contributed by atoms with Crippen LogP contribution in [0, 0.1) is 0 Å². The van der Waals surface area contributed by atoms with Crippen molar-refractivity contribution in [3.8, 4) is 0 Å². The summed E-state index contributed by atoms with van der Waals surface area (Å²) in [4.78, 5) is 0. The molecule has 0 radical (unpaired) electrons. The van der Waals surface area contributed by atoms with Crippen molar-refractivity contribution in [3.05, 3.63) is 125 Å². The highest BCUT2D eigenvalue weighted by atomic mass is 28.3. The molecule has 0 aliphatic carbocycles. The Morgan fingerprint density at radius 1 is 0.412 bits per heavy atom. The lowest BCUT2D eigenvalue weighted by atomic mass is 9.91. The highest BCUT2D eigenvalue weighted by molar-refractivity contribution is 6.88. The number of rotatable bonds is 5. The van der Waals surface area contributed by atoms with E-state index < -0.39 is 8.07 Å². The Labute approximate surface area is 203 Å². The van der Waals surface area contributed by atoms with Crippen molar-refractivity contribution in [1.82, 2.24) is 0 Å². The third kappa shape index (κ3) is 4.53. The van der Waals surface area contributed by atoms with Gasteiger partial charge in [0.2, 0.25) is 0 Å². The SMILES string of the molecule is C[Si](C)(C)c1ccc(/C=C/c2c3ccccc3c(/C=C/c3ccccc3)c3ccccc23)cc1. The average molecular weight is 455 g/mol. The van der Waals surface area contributed by atoms with Gasteiger partial charge in [-0.2, -0.15) is 0 Å². The van der Waals surface area contributed by atoms with Crippen LogP contribution in [0.2, 0.25) is 19.6 Å². The third-order valence-electron chi connectivity index (χ3n) is 6.48. The molecule has 0 aromatic heterocycles. The van der Waals surface area contributed by atoms with Gasteiger partial charge in [0.1, 0.15) is 0 Å². The number of benzene rings is 5. The van der Waals surface area contributed by atoms with Gasteiger partial charge in [0.15, 0.2) is 0 Å². The summed E-state index contributed by atoms with van der Waals surface area (Å²) in [6.07, 6.45) is 9.02. The highest BCUT2D eigenvalue weighted by Gasteiger charge is 2.15. The molecule has 0 spiro atoms. The van der Waals surface area contributed by atoms with E-state index in [1.807, 2.05) is 0 Å². The van der Waals surface area contributed by atoms with E-state index in [9.17, 15) is 0 Å². The van der Waals surface area contributed by atoms with Crippen molar-refractivity contribution in [2.75, 3.05) is 0 Å². The van der Waals surface area contributed by atoms with Crippen LogP contribution in [0.5, 0.6) is 0 Å².